The second-order valence-electron chi connectivity index (χ2n) is 8.35. The van der Waals surface area contributed by atoms with Gasteiger partial charge in [-0.05, 0) is 49.2 Å². The van der Waals surface area contributed by atoms with E-state index < -0.39 is 27.8 Å². The van der Waals surface area contributed by atoms with Gasteiger partial charge in [0.05, 0.1) is 10.8 Å². The summed E-state index contributed by atoms with van der Waals surface area (Å²) in [5.41, 5.74) is 1.67. The molecule has 180 valence electrons. The molecule has 0 fully saturated rings. The molecule has 2 aromatic rings. The van der Waals surface area contributed by atoms with E-state index in [9.17, 15) is 23.1 Å². The molecule has 1 atom stereocenters. The minimum Gasteiger partial charge on any atom is -0.481 e. The highest BCUT2D eigenvalue weighted by Gasteiger charge is 2.21. The van der Waals surface area contributed by atoms with E-state index in [2.05, 4.69) is 17.0 Å². The molecule has 0 saturated carbocycles. The van der Waals surface area contributed by atoms with Gasteiger partial charge in [0.1, 0.15) is 0 Å². The minimum atomic E-state index is -3.84. The summed E-state index contributed by atoms with van der Waals surface area (Å²) >= 11 is 0. The first-order valence-corrected chi connectivity index (χ1v) is 12.9. The van der Waals surface area contributed by atoms with Crippen molar-refractivity contribution in [1.82, 2.24) is 0 Å². The van der Waals surface area contributed by atoms with Gasteiger partial charge in [-0.15, -0.1) is 0 Å². The van der Waals surface area contributed by atoms with Crippen LogP contribution in [0.1, 0.15) is 63.9 Å². The van der Waals surface area contributed by atoms with Crippen LogP contribution in [0.4, 0.5) is 11.4 Å². The van der Waals surface area contributed by atoms with Crippen molar-refractivity contribution in [3.63, 3.8) is 0 Å². The average molecular weight is 475 g/mol. The monoisotopic (exact) mass is 474 g/mol. The van der Waals surface area contributed by atoms with Crippen LogP contribution >= 0.6 is 0 Å². The van der Waals surface area contributed by atoms with Crippen LogP contribution in [-0.2, 0) is 19.6 Å². The minimum absolute atomic E-state index is 0.00340. The summed E-state index contributed by atoms with van der Waals surface area (Å²) in [6.45, 7) is 4.01. The first-order chi connectivity index (χ1) is 15.7. The third-order valence-corrected chi connectivity index (χ3v) is 6.76. The molecule has 2 aromatic carbocycles. The molecule has 1 unspecified atom stereocenters. The Balaban J connectivity index is 1.96. The van der Waals surface area contributed by atoms with Crippen molar-refractivity contribution in [2.75, 3.05) is 10.0 Å². The molecule has 7 nitrogen and oxygen atoms in total. The molecule has 0 aliphatic heterocycles. The molecular weight excluding hydrogens is 440 g/mol. The van der Waals surface area contributed by atoms with Gasteiger partial charge in [-0.25, -0.2) is 8.42 Å². The molecule has 1 amide bonds. The Bertz CT molecular complexity index is 1040. The number of sulfonamides is 1. The largest absolute Gasteiger partial charge is 0.481 e. The highest BCUT2D eigenvalue weighted by Crippen LogP contribution is 2.21. The molecule has 33 heavy (non-hydrogen) atoms. The molecule has 0 aliphatic carbocycles. The number of hydrogen-bond acceptors (Lipinski definition) is 4. The molecule has 0 saturated heterocycles. The summed E-state index contributed by atoms with van der Waals surface area (Å²) in [5, 5.41) is 12.1. The Labute approximate surface area is 196 Å². The zero-order chi connectivity index (χ0) is 24.3. The van der Waals surface area contributed by atoms with Crippen molar-refractivity contribution < 1.29 is 23.1 Å². The normalized spacial score (nSPS) is 12.2. The number of amides is 1. The summed E-state index contributed by atoms with van der Waals surface area (Å²) in [7, 11) is -3.84. The summed E-state index contributed by atoms with van der Waals surface area (Å²) in [6, 6.07) is 12.9. The fourth-order valence-corrected chi connectivity index (χ4v) is 4.68. The van der Waals surface area contributed by atoms with Crippen LogP contribution in [0.3, 0.4) is 0 Å². The van der Waals surface area contributed by atoms with Gasteiger partial charge in [0.15, 0.2) is 0 Å². The maximum Gasteiger partial charge on any atom is 0.307 e. The van der Waals surface area contributed by atoms with Crippen molar-refractivity contribution in [1.29, 1.82) is 0 Å². The fourth-order valence-electron chi connectivity index (χ4n) is 3.58. The molecule has 2 rings (SSSR count). The molecular formula is C25H34N2O5S. The number of benzene rings is 2. The summed E-state index contributed by atoms with van der Waals surface area (Å²) < 4.78 is 28.0. The van der Waals surface area contributed by atoms with Crippen molar-refractivity contribution in [2.45, 2.75) is 70.1 Å². The number of rotatable bonds is 14. The second-order valence-corrected chi connectivity index (χ2v) is 10.0. The molecule has 3 N–H and O–H groups in total. The average Bonchev–Trinajstić information content (AvgIpc) is 2.75. The van der Waals surface area contributed by atoms with Gasteiger partial charge in [0.25, 0.3) is 10.0 Å². The van der Waals surface area contributed by atoms with E-state index in [1.807, 2.05) is 13.0 Å². The van der Waals surface area contributed by atoms with Gasteiger partial charge in [-0.3, -0.25) is 14.3 Å². The van der Waals surface area contributed by atoms with Crippen molar-refractivity contribution >= 4 is 33.3 Å². The number of carboxylic acid groups (broad SMARTS) is 1. The van der Waals surface area contributed by atoms with E-state index >= 15 is 0 Å². The molecule has 0 spiro atoms. The SMILES string of the molecule is CCCCCCCCC(CC(=O)Nc1cccc(S(=O)(=O)Nc2cccc(C)c2)c1)C(=O)O. The fraction of sp³-hybridized carbons (Fsp3) is 0.440. The van der Waals surface area contributed by atoms with E-state index in [0.29, 0.717) is 17.8 Å². The van der Waals surface area contributed by atoms with Crippen molar-refractivity contribution in [3.8, 4) is 0 Å². The Morgan fingerprint density at radius 2 is 1.61 bits per heavy atom. The van der Waals surface area contributed by atoms with Crippen LogP contribution in [-0.4, -0.2) is 25.4 Å². The molecule has 0 heterocycles. The molecule has 0 bridgehead atoms. The lowest BCUT2D eigenvalue weighted by Gasteiger charge is -2.13. The van der Waals surface area contributed by atoms with E-state index in [1.165, 1.54) is 24.6 Å². The Morgan fingerprint density at radius 3 is 2.30 bits per heavy atom. The number of anilines is 2. The first kappa shape index (κ1) is 26.4. The molecule has 0 aromatic heterocycles. The van der Waals surface area contributed by atoms with Gasteiger partial charge in [0.2, 0.25) is 5.91 Å². The lowest BCUT2D eigenvalue weighted by atomic mass is 9.97. The molecule has 8 heteroatoms. The standard InChI is InChI=1S/C25H34N2O5S/c1-3-4-5-6-7-8-12-20(25(29)30)17-24(28)26-21-13-10-15-23(18-21)33(31,32)27-22-14-9-11-19(2)16-22/h9-11,13-16,18,20,27H,3-8,12,17H2,1-2H3,(H,26,28)(H,29,30). The molecule has 0 radical (unpaired) electrons. The van der Waals surface area contributed by atoms with E-state index in [1.54, 1.807) is 24.3 Å². The predicted octanol–water partition coefficient (Wildman–Crippen LogP) is 5.58. The van der Waals surface area contributed by atoms with Crippen LogP contribution in [0.15, 0.2) is 53.4 Å². The highest BCUT2D eigenvalue weighted by molar-refractivity contribution is 7.92. The number of carbonyl (C=O) groups excluding carboxylic acids is 1. The lowest BCUT2D eigenvalue weighted by Crippen LogP contribution is -2.22. The van der Waals surface area contributed by atoms with Gasteiger partial charge < -0.3 is 10.4 Å². The zero-order valence-corrected chi connectivity index (χ0v) is 20.2. The third kappa shape index (κ3) is 9.26. The molecule has 0 aliphatic rings. The van der Waals surface area contributed by atoms with Crippen LogP contribution in [0.25, 0.3) is 0 Å². The van der Waals surface area contributed by atoms with Gasteiger partial charge in [-0.2, -0.15) is 0 Å². The van der Waals surface area contributed by atoms with E-state index in [0.717, 1.165) is 37.7 Å². The maximum atomic E-state index is 12.7. The van der Waals surface area contributed by atoms with Crippen LogP contribution in [0.2, 0.25) is 0 Å². The Kier molecular flexibility index (Phi) is 10.4. The number of hydrogen-bond donors (Lipinski definition) is 3. The van der Waals surface area contributed by atoms with Crippen LogP contribution in [0.5, 0.6) is 0 Å². The number of nitrogens with one attached hydrogen (secondary N) is 2. The highest BCUT2D eigenvalue weighted by atomic mass is 32.2. The van der Waals surface area contributed by atoms with Crippen LogP contribution < -0.4 is 10.0 Å². The summed E-state index contributed by atoms with van der Waals surface area (Å²) in [5.74, 6) is -2.20. The van der Waals surface area contributed by atoms with E-state index in [-0.39, 0.29) is 11.3 Å². The van der Waals surface area contributed by atoms with Crippen LogP contribution in [0, 0.1) is 12.8 Å². The number of aliphatic carboxylic acids is 1. The Hall–Kier alpha value is -2.87. The smallest absolute Gasteiger partial charge is 0.307 e. The Morgan fingerprint density at radius 1 is 0.939 bits per heavy atom. The number of unbranched alkanes of at least 4 members (excludes halogenated alkanes) is 5. The van der Waals surface area contributed by atoms with E-state index in [4.69, 9.17) is 0 Å². The number of aryl methyl sites for hydroxylation is 1. The second kappa shape index (κ2) is 13.0. The maximum absolute atomic E-state index is 12.7. The number of carboxylic acids is 1. The van der Waals surface area contributed by atoms with Crippen molar-refractivity contribution in [3.05, 3.63) is 54.1 Å². The topological polar surface area (TPSA) is 113 Å². The quantitative estimate of drug-likeness (QED) is 0.310. The first-order valence-electron chi connectivity index (χ1n) is 11.4. The summed E-state index contributed by atoms with van der Waals surface area (Å²) in [4.78, 5) is 24.0. The van der Waals surface area contributed by atoms with Gasteiger partial charge in [0, 0.05) is 17.8 Å². The van der Waals surface area contributed by atoms with Gasteiger partial charge in [-0.1, -0.05) is 63.6 Å². The van der Waals surface area contributed by atoms with Gasteiger partial charge >= 0.3 is 5.97 Å². The predicted molar refractivity (Wildman–Crippen MR) is 131 cm³/mol. The number of carbonyl (C=O) groups is 2. The lowest BCUT2D eigenvalue weighted by molar-refractivity contribution is -0.143. The zero-order valence-electron chi connectivity index (χ0n) is 19.3. The third-order valence-electron chi connectivity index (χ3n) is 5.39. The summed E-state index contributed by atoms with van der Waals surface area (Å²) in [6.07, 6.45) is 6.58. The van der Waals surface area contributed by atoms with Crippen molar-refractivity contribution in [2.24, 2.45) is 5.92 Å².